The van der Waals surface area contributed by atoms with Crippen LogP contribution in [0.1, 0.15) is 16.7 Å². The van der Waals surface area contributed by atoms with Gasteiger partial charge >= 0.3 is 0 Å². The smallest absolute Gasteiger partial charge is 0.102 e. The van der Waals surface area contributed by atoms with E-state index >= 15 is 0 Å². The molecule has 0 aliphatic rings. The molecule has 2 nitrogen and oxygen atoms in total. The van der Waals surface area contributed by atoms with Crippen molar-refractivity contribution in [3.05, 3.63) is 59.2 Å². The molecule has 2 heteroatoms. The van der Waals surface area contributed by atoms with Crippen molar-refractivity contribution < 1.29 is 0 Å². The highest BCUT2D eigenvalue weighted by Gasteiger charge is 2.16. The fraction of sp³-hybridized carbons (Fsp3) is 0.167. The molecule has 3 aromatic rings. The summed E-state index contributed by atoms with van der Waals surface area (Å²) in [6.45, 7) is 4.21. The van der Waals surface area contributed by atoms with Crippen LogP contribution in [0.5, 0.6) is 0 Å². The van der Waals surface area contributed by atoms with Gasteiger partial charge in [0, 0.05) is 18.0 Å². The van der Waals surface area contributed by atoms with E-state index in [9.17, 15) is 5.26 Å². The normalized spacial score (nSPS) is 10.7. The molecule has 0 amide bonds. The molecule has 0 bridgehead atoms. The summed E-state index contributed by atoms with van der Waals surface area (Å²) in [6, 6.07) is 16.8. The summed E-state index contributed by atoms with van der Waals surface area (Å²) >= 11 is 0. The maximum Gasteiger partial charge on any atom is 0.102 e. The molecular formula is C18H16N2. The fourth-order valence-electron chi connectivity index (χ4n) is 2.73. The minimum Gasteiger partial charge on any atom is -0.343 e. The van der Waals surface area contributed by atoms with Crippen molar-refractivity contribution in [3.63, 3.8) is 0 Å². The Kier molecular flexibility index (Phi) is 2.84. The van der Waals surface area contributed by atoms with Crippen molar-refractivity contribution in [3.8, 4) is 17.3 Å². The van der Waals surface area contributed by atoms with Crippen molar-refractivity contribution in [2.75, 3.05) is 0 Å². The average molecular weight is 260 g/mol. The molecule has 0 unspecified atom stereocenters. The van der Waals surface area contributed by atoms with Crippen LogP contribution in [-0.4, -0.2) is 4.57 Å². The zero-order chi connectivity index (χ0) is 14.3. The first kappa shape index (κ1) is 12.5. The predicted octanol–water partition coefficient (Wildman–Crippen LogP) is 4.33. The van der Waals surface area contributed by atoms with Gasteiger partial charge in [-0.2, -0.15) is 5.26 Å². The van der Waals surface area contributed by atoms with Gasteiger partial charge in [0.05, 0.1) is 11.3 Å². The number of para-hydroxylation sites is 1. The van der Waals surface area contributed by atoms with Gasteiger partial charge in [0.2, 0.25) is 0 Å². The molecule has 2 aromatic carbocycles. The lowest BCUT2D eigenvalue weighted by molar-refractivity contribution is 0.976. The molecule has 0 aliphatic carbocycles. The number of benzene rings is 2. The van der Waals surface area contributed by atoms with E-state index in [1.807, 2.05) is 25.2 Å². The molecule has 0 spiro atoms. The Morgan fingerprint density at radius 1 is 1.00 bits per heavy atom. The third-order valence-corrected chi connectivity index (χ3v) is 4.00. The molecule has 0 saturated heterocycles. The standard InChI is InChI=1S/C18H16N2/c1-12-8-9-14(10-13(12)2)18-16(11-19)15-6-4-5-7-17(15)20(18)3/h4-10H,1-3H3. The van der Waals surface area contributed by atoms with Crippen LogP contribution in [-0.2, 0) is 7.05 Å². The van der Waals surface area contributed by atoms with E-state index in [1.165, 1.54) is 11.1 Å². The molecule has 0 saturated carbocycles. The molecule has 0 fully saturated rings. The highest BCUT2D eigenvalue weighted by molar-refractivity contribution is 5.94. The molecule has 1 heterocycles. The summed E-state index contributed by atoms with van der Waals surface area (Å²) in [7, 11) is 2.02. The molecule has 3 rings (SSSR count). The number of aromatic nitrogens is 1. The molecule has 98 valence electrons. The summed E-state index contributed by atoms with van der Waals surface area (Å²) in [4.78, 5) is 0. The molecule has 20 heavy (non-hydrogen) atoms. The lowest BCUT2D eigenvalue weighted by Gasteiger charge is -2.08. The van der Waals surface area contributed by atoms with E-state index in [2.05, 4.69) is 48.7 Å². The minimum atomic E-state index is 0.756. The van der Waals surface area contributed by atoms with Gasteiger partial charge in [0.25, 0.3) is 0 Å². The average Bonchev–Trinajstić information content (AvgIpc) is 2.75. The van der Waals surface area contributed by atoms with Crippen molar-refractivity contribution >= 4 is 10.9 Å². The molecule has 0 aliphatic heterocycles. The molecule has 0 radical (unpaired) electrons. The van der Waals surface area contributed by atoms with Gasteiger partial charge in [-0.25, -0.2) is 0 Å². The molecule has 1 aromatic heterocycles. The minimum absolute atomic E-state index is 0.756. The van der Waals surface area contributed by atoms with E-state index < -0.39 is 0 Å². The zero-order valence-corrected chi connectivity index (χ0v) is 11.9. The van der Waals surface area contributed by atoms with Gasteiger partial charge in [0.15, 0.2) is 0 Å². The molecule has 0 atom stereocenters. The van der Waals surface area contributed by atoms with Crippen molar-refractivity contribution in [1.82, 2.24) is 4.57 Å². The van der Waals surface area contributed by atoms with Crippen LogP contribution in [0.4, 0.5) is 0 Å². The number of fused-ring (bicyclic) bond motifs is 1. The van der Waals surface area contributed by atoms with E-state index in [1.54, 1.807) is 0 Å². The Bertz CT molecular complexity index is 848. The predicted molar refractivity (Wildman–Crippen MR) is 82.5 cm³/mol. The first-order valence-electron chi connectivity index (χ1n) is 6.68. The van der Waals surface area contributed by atoms with Crippen LogP contribution in [0.2, 0.25) is 0 Å². The number of hydrogen-bond donors (Lipinski definition) is 0. The second-order valence-electron chi connectivity index (χ2n) is 5.21. The Balaban J connectivity index is 2.39. The van der Waals surface area contributed by atoms with E-state index in [-0.39, 0.29) is 0 Å². The monoisotopic (exact) mass is 260 g/mol. The van der Waals surface area contributed by atoms with Crippen LogP contribution in [0.15, 0.2) is 42.5 Å². The first-order valence-corrected chi connectivity index (χ1v) is 6.68. The lowest BCUT2D eigenvalue weighted by Crippen LogP contribution is -1.93. The topological polar surface area (TPSA) is 28.7 Å². The quantitative estimate of drug-likeness (QED) is 0.640. The highest BCUT2D eigenvalue weighted by Crippen LogP contribution is 2.33. The van der Waals surface area contributed by atoms with Gasteiger partial charge < -0.3 is 4.57 Å². The summed E-state index contributed by atoms with van der Waals surface area (Å²) in [5.41, 5.74) is 6.46. The maximum absolute atomic E-state index is 9.55. The summed E-state index contributed by atoms with van der Waals surface area (Å²) in [6.07, 6.45) is 0. The van der Waals surface area contributed by atoms with Gasteiger partial charge in [-0.3, -0.25) is 0 Å². The zero-order valence-electron chi connectivity index (χ0n) is 11.9. The lowest BCUT2D eigenvalue weighted by atomic mass is 10.0. The Morgan fingerprint density at radius 3 is 2.45 bits per heavy atom. The molecular weight excluding hydrogens is 244 g/mol. The number of hydrogen-bond acceptors (Lipinski definition) is 1. The second-order valence-corrected chi connectivity index (χ2v) is 5.21. The summed E-state index contributed by atoms with van der Waals surface area (Å²) in [5.74, 6) is 0. The van der Waals surface area contributed by atoms with E-state index in [0.29, 0.717) is 0 Å². The maximum atomic E-state index is 9.55. The van der Waals surface area contributed by atoms with Crippen LogP contribution in [0.3, 0.4) is 0 Å². The highest BCUT2D eigenvalue weighted by atomic mass is 14.9. The SMILES string of the molecule is Cc1ccc(-c2c(C#N)c3ccccc3n2C)cc1C. The Morgan fingerprint density at radius 2 is 1.75 bits per heavy atom. The Labute approximate surface area is 118 Å². The van der Waals surface area contributed by atoms with Crippen molar-refractivity contribution in [2.45, 2.75) is 13.8 Å². The number of rotatable bonds is 1. The fourth-order valence-corrected chi connectivity index (χ4v) is 2.73. The van der Waals surface area contributed by atoms with Crippen LogP contribution < -0.4 is 0 Å². The largest absolute Gasteiger partial charge is 0.343 e. The number of aryl methyl sites for hydroxylation is 3. The second kappa shape index (κ2) is 4.54. The van der Waals surface area contributed by atoms with Crippen LogP contribution >= 0.6 is 0 Å². The van der Waals surface area contributed by atoms with Gasteiger partial charge in [-0.1, -0.05) is 30.3 Å². The third kappa shape index (κ3) is 1.71. The third-order valence-electron chi connectivity index (χ3n) is 4.00. The number of nitrogens with zero attached hydrogens (tertiary/aromatic N) is 2. The van der Waals surface area contributed by atoms with E-state index in [4.69, 9.17) is 0 Å². The summed E-state index contributed by atoms with van der Waals surface area (Å²) in [5, 5.41) is 10.6. The van der Waals surface area contributed by atoms with Gasteiger partial charge in [0.1, 0.15) is 6.07 Å². The van der Waals surface area contributed by atoms with Crippen LogP contribution in [0.25, 0.3) is 22.2 Å². The van der Waals surface area contributed by atoms with Gasteiger partial charge in [-0.05, 0) is 42.7 Å². The molecule has 0 N–H and O–H groups in total. The van der Waals surface area contributed by atoms with E-state index in [0.717, 1.165) is 27.7 Å². The van der Waals surface area contributed by atoms with Crippen molar-refractivity contribution in [2.24, 2.45) is 7.05 Å². The van der Waals surface area contributed by atoms with Crippen LogP contribution in [0, 0.1) is 25.2 Å². The van der Waals surface area contributed by atoms with Crippen molar-refractivity contribution in [1.29, 1.82) is 5.26 Å². The first-order chi connectivity index (χ1) is 9.63. The van der Waals surface area contributed by atoms with Gasteiger partial charge in [-0.15, -0.1) is 0 Å². The Hall–Kier alpha value is -2.53. The number of nitriles is 1. The summed E-state index contributed by atoms with van der Waals surface area (Å²) < 4.78 is 2.11.